The third kappa shape index (κ3) is 2.93. The van der Waals surface area contributed by atoms with E-state index in [1.807, 2.05) is 0 Å². The van der Waals surface area contributed by atoms with Crippen molar-refractivity contribution in [1.82, 2.24) is 4.98 Å². The second kappa shape index (κ2) is 5.27. The Morgan fingerprint density at radius 1 is 1.62 bits per heavy atom. The lowest BCUT2D eigenvalue weighted by Crippen LogP contribution is -2.30. The Bertz CT molecular complexity index is 378. The predicted octanol–water partition coefficient (Wildman–Crippen LogP) is 2.10. The highest BCUT2D eigenvalue weighted by Crippen LogP contribution is 2.17. The molecule has 4 nitrogen and oxygen atoms in total. The molecular formula is C11H13ClN2O2. The highest BCUT2D eigenvalue weighted by molar-refractivity contribution is 6.29. The zero-order valence-corrected chi connectivity index (χ0v) is 9.54. The number of carbonyl (C=O) groups excluding carboxylic acids is 1. The van der Waals surface area contributed by atoms with Crippen molar-refractivity contribution in [3.05, 3.63) is 23.5 Å². The molecule has 2 heterocycles. The summed E-state index contributed by atoms with van der Waals surface area (Å²) < 4.78 is 5.27. The molecule has 0 bridgehead atoms. The molecule has 1 aliphatic rings. The van der Waals surface area contributed by atoms with Gasteiger partial charge in [0.2, 0.25) is 5.91 Å². The van der Waals surface area contributed by atoms with Gasteiger partial charge in [0, 0.05) is 18.5 Å². The molecule has 1 unspecified atom stereocenters. The Hall–Kier alpha value is -1.13. The largest absolute Gasteiger partial charge is 0.381 e. The molecule has 1 fully saturated rings. The maximum absolute atomic E-state index is 11.8. The number of nitrogens with one attached hydrogen (secondary N) is 1. The van der Waals surface area contributed by atoms with Crippen LogP contribution in [0.15, 0.2) is 18.3 Å². The van der Waals surface area contributed by atoms with Gasteiger partial charge in [-0.15, -0.1) is 0 Å². The first-order valence-corrected chi connectivity index (χ1v) is 5.63. The lowest BCUT2D eigenvalue weighted by Gasteiger charge is -2.21. The summed E-state index contributed by atoms with van der Waals surface area (Å²) in [6.07, 6.45) is 3.38. The van der Waals surface area contributed by atoms with E-state index in [1.54, 1.807) is 18.3 Å². The minimum Gasteiger partial charge on any atom is -0.381 e. The molecule has 0 radical (unpaired) electrons. The fraction of sp³-hybridized carbons (Fsp3) is 0.455. The van der Waals surface area contributed by atoms with Crippen molar-refractivity contribution < 1.29 is 9.53 Å². The zero-order valence-electron chi connectivity index (χ0n) is 8.78. The molecule has 1 amide bonds. The van der Waals surface area contributed by atoms with Crippen molar-refractivity contribution in [2.75, 3.05) is 18.5 Å². The van der Waals surface area contributed by atoms with Crippen LogP contribution in [0.4, 0.5) is 5.69 Å². The van der Waals surface area contributed by atoms with Gasteiger partial charge >= 0.3 is 0 Å². The van der Waals surface area contributed by atoms with E-state index in [0.717, 1.165) is 19.4 Å². The van der Waals surface area contributed by atoms with Crippen molar-refractivity contribution in [1.29, 1.82) is 0 Å². The number of hydrogen-bond donors (Lipinski definition) is 1. The summed E-state index contributed by atoms with van der Waals surface area (Å²) in [4.78, 5) is 15.7. The number of carbonyl (C=O) groups is 1. The van der Waals surface area contributed by atoms with Gasteiger partial charge in [-0.2, -0.15) is 0 Å². The van der Waals surface area contributed by atoms with Crippen LogP contribution in [-0.4, -0.2) is 24.1 Å². The third-order valence-electron chi connectivity index (χ3n) is 2.53. The van der Waals surface area contributed by atoms with Gasteiger partial charge in [-0.1, -0.05) is 11.6 Å². The average molecular weight is 241 g/mol. The van der Waals surface area contributed by atoms with Gasteiger partial charge in [0.25, 0.3) is 0 Å². The minimum atomic E-state index is -0.0549. The van der Waals surface area contributed by atoms with E-state index in [1.165, 1.54) is 0 Å². The van der Waals surface area contributed by atoms with E-state index in [9.17, 15) is 4.79 Å². The number of halogens is 1. The van der Waals surface area contributed by atoms with Crippen molar-refractivity contribution >= 4 is 23.2 Å². The molecular weight excluding hydrogens is 228 g/mol. The number of pyridine rings is 1. The summed E-state index contributed by atoms with van der Waals surface area (Å²) in [5.74, 6) is -0.0670. The molecule has 5 heteroatoms. The van der Waals surface area contributed by atoms with Gasteiger partial charge in [-0.3, -0.25) is 4.79 Å². The first-order valence-electron chi connectivity index (χ1n) is 5.26. The zero-order chi connectivity index (χ0) is 11.4. The second-order valence-corrected chi connectivity index (χ2v) is 4.16. The van der Waals surface area contributed by atoms with Gasteiger partial charge < -0.3 is 10.1 Å². The van der Waals surface area contributed by atoms with E-state index in [4.69, 9.17) is 16.3 Å². The van der Waals surface area contributed by atoms with Gasteiger partial charge in [0.15, 0.2) is 0 Å². The van der Waals surface area contributed by atoms with E-state index < -0.39 is 0 Å². The maximum atomic E-state index is 11.8. The molecule has 0 aliphatic carbocycles. The normalized spacial score (nSPS) is 20.4. The van der Waals surface area contributed by atoms with Crippen LogP contribution in [0.5, 0.6) is 0 Å². The summed E-state index contributed by atoms with van der Waals surface area (Å²) in [5, 5.41) is 3.18. The average Bonchev–Trinajstić information content (AvgIpc) is 2.30. The van der Waals surface area contributed by atoms with Crippen LogP contribution < -0.4 is 5.32 Å². The second-order valence-electron chi connectivity index (χ2n) is 3.77. The van der Waals surface area contributed by atoms with Gasteiger partial charge in [-0.25, -0.2) is 4.98 Å². The lowest BCUT2D eigenvalue weighted by molar-refractivity contribution is -0.123. The third-order valence-corrected chi connectivity index (χ3v) is 2.73. The molecule has 16 heavy (non-hydrogen) atoms. The first-order chi connectivity index (χ1) is 7.75. The summed E-state index contributed by atoms with van der Waals surface area (Å²) in [6.45, 7) is 1.26. The molecule has 0 saturated carbocycles. The summed E-state index contributed by atoms with van der Waals surface area (Å²) in [7, 11) is 0. The van der Waals surface area contributed by atoms with Crippen molar-refractivity contribution in [2.24, 2.45) is 5.92 Å². The van der Waals surface area contributed by atoms with Crippen LogP contribution in [-0.2, 0) is 9.53 Å². The fourth-order valence-corrected chi connectivity index (χ4v) is 1.85. The van der Waals surface area contributed by atoms with E-state index in [2.05, 4.69) is 10.3 Å². The molecule has 1 aromatic rings. The van der Waals surface area contributed by atoms with E-state index >= 15 is 0 Å². The van der Waals surface area contributed by atoms with Crippen LogP contribution >= 0.6 is 11.6 Å². The molecule has 0 aromatic carbocycles. The van der Waals surface area contributed by atoms with Crippen LogP contribution in [0.25, 0.3) is 0 Å². The highest BCUT2D eigenvalue weighted by atomic mass is 35.5. The molecule has 0 spiro atoms. The SMILES string of the molecule is O=C(Nc1ccnc(Cl)c1)C1CCCOC1. The van der Waals surface area contributed by atoms with Gasteiger partial charge in [-0.05, 0) is 25.0 Å². The molecule has 2 rings (SSSR count). The van der Waals surface area contributed by atoms with Crippen LogP contribution in [0.2, 0.25) is 5.15 Å². The smallest absolute Gasteiger partial charge is 0.229 e. The highest BCUT2D eigenvalue weighted by Gasteiger charge is 2.21. The van der Waals surface area contributed by atoms with E-state index in [-0.39, 0.29) is 11.8 Å². The molecule has 1 N–H and O–H groups in total. The number of anilines is 1. The molecule has 1 aliphatic heterocycles. The summed E-state index contributed by atoms with van der Waals surface area (Å²) >= 11 is 5.73. The van der Waals surface area contributed by atoms with Crippen molar-refractivity contribution in [3.8, 4) is 0 Å². The minimum absolute atomic E-state index is 0.0121. The Balaban J connectivity index is 1.96. The summed E-state index contributed by atoms with van der Waals surface area (Å²) in [5.41, 5.74) is 0.676. The Kier molecular flexibility index (Phi) is 3.74. The van der Waals surface area contributed by atoms with Crippen LogP contribution in [0, 0.1) is 5.92 Å². The Morgan fingerprint density at radius 3 is 3.19 bits per heavy atom. The number of rotatable bonds is 2. The Morgan fingerprint density at radius 2 is 2.50 bits per heavy atom. The predicted molar refractivity (Wildman–Crippen MR) is 61.4 cm³/mol. The molecule has 1 aromatic heterocycles. The number of nitrogens with zero attached hydrogens (tertiary/aromatic N) is 1. The molecule has 86 valence electrons. The van der Waals surface area contributed by atoms with Crippen molar-refractivity contribution in [2.45, 2.75) is 12.8 Å². The summed E-state index contributed by atoms with van der Waals surface area (Å²) in [6, 6.07) is 3.34. The topological polar surface area (TPSA) is 51.2 Å². The van der Waals surface area contributed by atoms with Gasteiger partial charge in [0.1, 0.15) is 5.15 Å². The lowest BCUT2D eigenvalue weighted by atomic mass is 10.0. The van der Waals surface area contributed by atoms with E-state index in [0.29, 0.717) is 17.4 Å². The van der Waals surface area contributed by atoms with Crippen molar-refractivity contribution in [3.63, 3.8) is 0 Å². The molecule has 1 saturated heterocycles. The number of aromatic nitrogens is 1. The molecule has 1 atom stereocenters. The standard InChI is InChI=1S/C11H13ClN2O2/c12-10-6-9(3-4-13-10)14-11(15)8-2-1-5-16-7-8/h3-4,6,8H,1-2,5,7H2,(H,13,14,15). The van der Waals surface area contributed by atoms with Gasteiger partial charge in [0.05, 0.1) is 12.5 Å². The number of hydrogen-bond acceptors (Lipinski definition) is 3. The van der Waals surface area contributed by atoms with Crippen LogP contribution in [0.3, 0.4) is 0 Å². The Labute approximate surface area is 99.0 Å². The quantitative estimate of drug-likeness (QED) is 0.806. The number of amides is 1. The fourth-order valence-electron chi connectivity index (χ4n) is 1.67. The first kappa shape index (κ1) is 11.4. The monoisotopic (exact) mass is 240 g/mol. The number of ether oxygens (including phenoxy) is 1. The maximum Gasteiger partial charge on any atom is 0.229 e. The van der Waals surface area contributed by atoms with Crippen LogP contribution in [0.1, 0.15) is 12.8 Å².